The van der Waals surface area contributed by atoms with E-state index in [4.69, 9.17) is 21.1 Å². The van der Waals surface area contributed by atoms with Crippen LogP contribution in [0.1, 0.15) is 31.4 Å². The molecule has 2 atom stereocenters. The SMILES string of the molecule is CCC(C)NC(=O)C(Cc1ccccc1)N(Cc1cccc(OC)c1)C(=O)COc1cccc(Cl)c1. The fourth-order valence-corrected chi connectivity index (χ4v) is 3.93. The van der Waals surface area contributed by atoms with Crippen LogP contribution < -0.4 is 14.8 Å². The predicted molar refractivity (Wildman–Crippen MR) is 142 cm³/mol. The summed E-state index contributed by atoms with van der Waals surface area (Å²) < 4.78 is 11.1. The van der Waals surface area contributed by atoms with E-state index >= 15 is 0 Å². The Morgan fingerprint density at radius 2 is 1.64 bits per heavy atom. The van der Waals surface area contributed by atoms with Gasteiger partial charge in [-0.2, -0.15) is 0 Å². The maximum absolute atomic E-state index is 13.6. The summed E-state index contributed by atoms with van der Waals surface area (Å²) in [5.74, 6) is 0.657. The van der Waals surface area contributed by atoms with Gasteiger partial charge in [0.1, 0.15) is 17.5 Å². The second-order valence-electron chi connectivity index (χ2n) is 8.64. The van der Waals surface area contributed by atoms with Crippen molar-refractivity contribution < 1.29 is 19.1 Å². The number of benzene rings is 3. The molecule has 2 amide bonds. The second kappa shape index (κ2) is 13.5. The fraction of sp³-hybridized carbons (Fsp3) is 0.310. The Bertz CT molecular complexity index is 1140. The molecule has 3 aromatic carbocycles. The zero-order valence-electron chi connectivity index (χ0n) is 20.9. The first-order valence-corrected chi connectivity index (χ1v) is 12.4. The first-order chi connectivity index (χ1) is 17.4. The largest absolute Gasteiger partial charge is 0.497 e. The molecule has 0 radical (unpaired) electrons. The molecule has 0 spiro atoms. The van der Waals surface area contributed by atoms with Gasteiger partial charge in [-0.25, -0.2) is 0 Å². The van der Waals surface area contributed by atoms with Gasteiger partial charge in [-0.05, 0) is 54.8 Å². The lowest BCUT2D eigenvalue weighted by molar-refractivity contribution is -0.143. The number of hydrogen-bond acceptors (Lipinski definition) is 4. The summed E-state index contributed by atoms with van der Waals surface area (Å²) in [6, 6.07) is 23.3. The number of hydrogen-bond donors (Lipinski definition) is 1. The van der Waals surface area contributed by atoms with Crippen LogP contribution in [-0.4, -0.2) is 42.5 Å². The molecule has 1 N–H and O–H groups in total. The Kier molecular flexibility index (Phi) is 10.2. The lowest BCUT2D eigenvalue weighted by Crippen LogP contribution is -2.53. The summed E-state index contributed by atoms with van der Waals surface area (Å²) in [7, 11) is 1.60. The average Bonchev–Trinajstić information content (AvgIpc) is 2.89. The Balaban J connectivity index is 1.93. The third-order valence-corrected chi connectivity index (χ3v) is 6.15. The van der Waals surface area contributed by atoms with E-state index < -0.39 is 6.04 Å². The third-order valence-electron chi connectivity index (χ3n) is 5.92. The van der Waals surface area contributed by atoms with Crippen molar-refractivity contribution in [2.45, 2.75) is 45.3 Å². The van der Waals surface area contributed by atoms with Gasteiger partial charge in [-0.1, -0.05) is 67.1 Å². The molecule has 0 aliphatic carbocycles. The topological polar surface area (TPSA) is 67.9 Å². The molecular weight excluding hydrogens is 476 g/mol. The smallest absolute Gasteiger partial charge is 0.261 e. The molecule has 36 heavy (non-hydrogen) atoms. The molecule has 0 aliphatic heterocycles. The van der Waals surface area contributed by atoms with Gasteiger partial charge in [-0.3, -0.25) is 9.59 Å². The zero-order chi connectivity index (χ0) is 25.9. The number of amides is 2. The van der Waals surface area contributed by atoms with Crippen molar-refractivity contribution in [1.82, 2.24) is 10.2 Å². The molecule has 2 unspecified atom stereocenters. The number of carbonyl (C=O) groups is 2. The van der Waals surface area contributed by atoms with Crippen LogP contribution in [0.3, 0.4) is 0 Å². The normalized spacial score (nSPS) is 12.3. The molecule has 3 aromatic rings. The van der Waals surface area contributed by atoms with E-state index in [2.05, 4.69) is 5.32 Å². The molecule has 0 aliphatic rings. The Morgan fingerprint density at radius 1 is 0.944 bits per heavy atom. The average molecular weight is 509 g/mol. The highest BCUT2D eigenvalue weighted by molar-refractivity contribution is 6.30. The van der Waals surface area contributed by atoms with Gasteiger partial charge in [0.15, 0.2) is 6.61 Å². The Morgan fingerprint density at radius 3 is 2.33 bits per heavy atom. The van der Waals surface area contributed by atoms with Crippen molar-refractivity contribution >= 4 is 23.4 Å². The molecule has 0 saturated carbocycles. The molecule has 3 rings (SSSR count). The summed E-state index contributed by atoms with van der Waals surface area (Å²) in [6.45, 7) is 3.95. The lowest BCUT2D eigenvalue weighted by Gasteiger charge is -2.32. The van der Waals surface area contributed by atoms with Crippen LogP contribution in [0, 0.1) is 0 Å². The zero-order valence-corrected chi connectivity index (χ0v) is 21.7. The van der Waals surface area contributed by atoms with E-state index in [9.17, 15) is 9.59 Å². The quantitative estimate of drug-likeness (QED) is 0.361. The minimum Gasteiger partial charge on any atom is -0.497 e. The molecule has 7 heteroatoms. The number of ether oxygens (including phenoxy) is 2. The van der Waals surface area contributed by atoms with Gasteiger partial charge in [0.2, 0.25) is 5.91 Å². The van der Waals surface area contributed by atoms with Crippen LogP contribution in [-0.2, 0) is 22.6 Å². The van der Waals surface area contributed by atoms with Crippen molar-refractivity contribution in [2.24, 2.45) is 0 Å². The van der Waals surface area contributed by atoms with Gasteiger partial charge in [0.25, 0.3) is 5.91 Å². The first kappa shape index (κ1) is 27.1. The van der Waals surface area contributed by atoms with Crippen molar-refractivity contribution in [3.63, 3.8) is 0 Å². The van der Waals surface area contributed by atoms with Gasteiger partial charge in [-0.15, -0.1) is 0 Å². The van der Waals surface area contributed by atoms with E-state index in [1.165, 1.54) is 0 Å². The van der Waals surface area contributed by atoms with E-state index in [-0.39, 0.29) is 31.0 Å². The number of carbonyl (C=O) groups excluding carboxylic acids is 2. The van der Waals surface area contributed by atoms with E-state index in [1.807, 2.05) is 68.4 Å². The van der Waals surface area contributed by atoms with Crippen LogP contribution in [0.25, 0.3) is 0 Å². The molecule has 0 saturated heterocycles. The van der Waals surface area contributed by atoms with Crippen LogP contribution in [0.5, 0.6) is 11.5 Å². The van der Waals surface area contributed by atoms with Crippen molar-refractivity contribution in [1.29, 1.82) is 0 Å². The molecule has 6 nitrogen and oxygen atoms in total. The minimum atomic E-state index is -0.733. The predicted octanol–water partition coefficient (Wildman–Crippen LogP) is 5.28. The molecule has 190 valence electrons. The van der Waals surface area contributed by atoms with Crippen LogP contribution in [0.15, 0.2) is 78.9 Å². The summed E-state index contributed by atoms with van der Waals surface area (Å²) in [6.07, 6.45) is 1.15. The first-order valence-electron chi connectivity index (χ1n) is 12.0. The lowest BCUT2D eigenvalue weighted by atomic mass is 10.0. The van der Waals surface area contributed by atoms with Gasteiger partial charge < -0.3 is 19.7 Å². The van der Waals surface area contributed by atoms with Gasteiger partial charge in [0.05, 0.1) is 7.11 Å². The Labute approximate surface area is 218 Å². The molecular formula is C29H33ClN2O4. The van der Waals surface area contributed by atoms with E-state index in [0.29, 0.717) is 22.9 Å². The molecule has 0 bridgehead atoms. The van der Waals surface area contributed by atoms with Crippen LogP contribution in [0.4, 0.5) is 0 Å². The molecule has 0 fully saturated rings. The number of nitrogens with one attached hydrogen (secondary N) is 1. The summed E-state index contributed by atoms with van der Waals surface area (Å²) in [5.41, 5.74) is 1.81. The number of nitrogens with zero attached hydrogens (tertiary/aromatic N) is 1. The highest BCUT2D eigenvalue weighted by Crippen LogP contribution is 2.20. The van der Waals surface area contributed by atoms with E-state index in [0.717, 1.165) is 17.5 Å². The van der Waals surface area contributed by atoms with Crippen LogP contribution >= 0.6 is 11.6 Å². The summed E-state index contributed by atoms with van der Waals surface area (Å²) in [5, 5.41) is 3.58. The monoisotopic (exact) mass is 508 g/mol. The van der Waals surface area contributed by atoms with Gasteiger partial charge >= 0.3 is 0 Å². The third kappa shape index (κ3) is 8.02. The number of halogens is 1. The van der Waals surface area contributed by atoms with Crippen LogP contribution in [0.2, 0.25) is 5.02 Å². The summed E-state index contributed by atoms with van der Waals surface area (Å²) >= 11 is 6.06. The van der Waals surface area contributed by atoms with Crippen molar-refractivity contribution in [2.75, 3.05) is 13.7 Å². The minimum absolute atomic E-state index is 0.0211. The highest BCUT2D eigenvalue weighted by Gasteiger charge is 2.31. The standard InChI is InChI=1S/C29H33ClN2O4/c1-4-21(2)31-29(34)27(17-22-10-6-5-7-11-22)32(19-23-12-8-14-25(16-23)35-3)28(33)20-36-26-15-9-13-24(30)18-26/h5-16,18,21,27H,4,17,19-20H2,1-3H3,(H,31,34). The van der Waals surface area contributed by atoms with Crippen molar-refractivity contribution in [3.8, 4) is 11.5 Å². The maximum atomic E-state index is 13.6. The number of rotatable bonds is 12. The molecule has 0 aromatic heterocycles. The second-order valence-corrected chi connectivity index (χ2v) is 9.08. The fourth-order valence-electron chi connectivity index (χ4n) is 3.75. The number of methoxy groups -OCH3 is 1. The molecule has 0 heterocycles. The van der Waals surface area contributed by atoms with Gasteiger partial charge in [0, 0.05) is 24.0 Å². The van der Waals surface area contributed by atoms with Crippen molar-refractivity contribution in [3.05, 3.63) is 95.0 Å². The highest BCUT2D eigenvalue weighted by atomic mass is 35.5. The Hall–Kier alpha value is -3.51. The van der Waals surface area contributed by atoms with E-state index in [1.54, 1.807) is 36.3 Å². The maximum Gasteiger partial charge on any atom is 0.261 e. The summed E-state index contributed by atoms with van der Waals surface area (Å²) in [4.78, 5) is 28.7.